The van der Waals surface area contributed by atoms with Gasteiger partial charge in [0.2, 0.25) is 0 Å². The van der Waals surface area contributed by atoms with Crippen LogP contribution in [0.5, 0.6) is 11.5 Å². The van der Waals surface area contributed by atoms with E-state index in [4.69, 9.17) is 26.2 Å². The van der Waals surface area contributed by atoms with Crippen LogP contribution in [-0.2, 0) is 16.8 Å². The van der Waals surface area contributed by atoms with Crippen molar-refractivity contribution < 1.29 is 19.4 Å². The van der Waals surface area contributed by atoms with Crippen molar-refractivity contribution in [2.24, 2.45) is 0 Å². The van der Waals surface area contributed by atoms with E-state index in [0.29, 0.717) is 25.7 Å². The minimum atomic E-state index is -0.743. The molecule has 2 fully saturated rings. The van der Waals surface area contributed by atoms with Crippen LogP contribution in [0.25, 0.3) is 0 Å². The Bertz CT molecular complexity index is 994. The molecule has 172 valence electrons. The number of halogens is 2. The molecule has 0 radical (unpaired) electrons. The van der Waals surface area contributed by atoms with E-state index in [2.05, 4.69) is 17.0 Å². The maximum Gasteiger partial charge on any atom is 0.304 e. The van der Waals surface area contributed by atoms with Crippen molar-refractivity contribution in [1.29, 1.82) is 0 Å². The normalized spacial score (nSPS) is 22.2. The molecule has 5 nitrogen and oxygen atoms in total. The number of likely N-dealkylation sites (tertiary alicyclic amines) is 1. The summed E-state index contributed by atoms with van der Waals surface area (Å²) in [5.41, 5.74) is 3.57. The van der Waals surface area contributed by atoms with Crippen LogP contribution in [0.1, 0.15) is 54.7 Å². The third kappa shape index (κ3) is 4.70. The highest BCUT2D eigenvalue weighted by Gasteiger charge is 2.44. The Morgan fingerprint density at radius 1 is 1.28 bits per heavy atom. The molecule has 1 saturated carbocycles. The molecule has 2 aliphatic heterocycles. The van der Waals surface area contributed by atoms with Gasteiger partial charge in [0.25, 0.3) is 0 Å². The molecule has 1 atom stereocenters. The van der Waals surface area contributed by atoms with Gasteiger partial charge in [0, 0.05) is 40.7 Å². The van der Waals surface area contributed by atoms with Crippen molar-refractivity contribution >= 4 is 30.0 Å². The van der Waals surface area contributed by atoms with Gasteiger partial charge in [0.05, 0.1) is 13.0 Å². The number of carboxylic acid groups (broad SMARTS) is 1. The van der Waals surface area contributed by atoms with Crippen LogP contribution in [0, 0.1) is 0 Å². The smallest absolute Gasteiger partial charge is 0.304 e. The number of rotatable bonds is 7. The maximum atomic E-state index is 11.0. The first-order valence-corrected chi connectivity index (χ1v) is 11.5. The second-order valence-corrected chi connectivity index (χ2v) is 9.53. The van der Waals surface area contributed by atoms with Crippen molar-refractivity contribution in [3.63, 3.8) is 0 Å². The quantitative estimate of drug-likeness (QED) is 0.576. The maximum absolute atomic E-state index is 11.0. The molecule has 2 aromatic rings. The van der Waals surface area contributed by atoms with Gasteiger partial charge in [0.15, 0.2) is 0 Å². The highest BCUT2D eigenvalue weighted by atomic mass is 35.5. The predicted molar refractivity (Wildman–Crippen MR) is 127 cm³/mol. The van der Waals surface area contributed by atoms with Gasteiger partial charge in [-0.3, -0.25) is 4.79 Å². The molecule has 7 heteroatoms. The van der Waals surface area contributed by atoms with Crippen LogP contribution in [0.15, 0.2) is 36.4 Å². The minimum absolute atomic E-state index is 0. The monoisotopic (exact) mass is 477 g/mol. The largest absolute Gasteiger partial charge is 0.492 e. The first-order chi connectivity index (χ1) is 15.0. The van der Waals surface area contributed by atoms with E-state index in [1.807, 2.05) is 24.3 Å². The molecular formula is C25H29Cl2NO4. The lowest BCUT2D eigenvalue weighted by atomic mass is 9.75. The number of hydrogen-bond donors (Lipinski definition) is 1. The van der Waals surface area contributed by atoms with Crippen molar-refractivity contribution in [1.82, 2.24) is 4.90 Å². The number of benzene rings is 2. The van der Waals surface area contributed by atoms with E-state index in [0.717, 1.165) is 48.0 Å². The van der Waals surface area contributed by atoms with E-state index < -0.39 is 5.97 Å². The minimum Gasteiger partial charge on any atom is -0.492 e. The second-order valence-electron chi connectivity index (χ2n) is 9.12. The summed E-state index contributed by atoms with van der Waals surface area (Å²) in [5.74, 6) is 1.55. The third-order valence-corrected chi connectivity index (χ3v) is 7.24. The summed E-state index contributed by atoms with van der Waals surface area (Å²) in [6.07, 6.45) is 4.75. The molecule has 1 saturated heterocycles. The second kappa shape index (κ2) is 9.50. The van der Waals surface area contributed by atoms with Crippen molar-refractivity contribution in [3.05, 3.63) is 58.1 Å². The first-order valence-electron chi connectivity index (χ1n) is 11.2. The van der Waals surface area contributed by atoms with Crippen molar-refractivity contribution in [2.45, 2.75) is 50.0 Å². The predicted octanol–water partition coefficient (Wildman–Crippen LogP) is 5.42. The van der Waals surface area contributed by atoms with Gasteiger partial charge in [-0.2, -0.15) is 0 Å². The summed E-state index contributed by atoms with van der Waals surface area (Å²) >= 11 is 6.47. The molecule has 2 aromatic carbocycles. The fourth-order valence-electron chi connectivity index (χ4n) is 5.11. The lowest BCUT2D eigenvalue weighted by molar-refractivity contribution is -0.137. The molecule has 32 heavy (non-hydrogen) atoms. The van der Waals surface area contributed by atoms with Crippen LogP contribution >= 0.6 is 24.0 Å². The number of nitrogens with zero attached hydrogens (tertiary/aromatic N) is 1. The number of carbonyl (C=O) groups is 1. The number of fused-ring (bicyclic) bond motifs is 2. The van der Waals surface area contributed by atoms with E-state index in [1.54, 1.807) is 0 Å². The molecule has 1 N–H and O–H groups in total. The number of piperidine rings is 1. The summed E-state index contributed by atoms with van der Waals surface area (Å²) in [6.45, 7) is 3.49. The topological polar surface area (TPSA) is 59.0 Å². The number of ether oxygens (including phenoxy) is 2. The molecule has 1 spiro atoms. The molecule has 5 rings (SSSR count). The zero-order valence-electron chi connectivity index (χ0n) is 18.0. The lowest BCUT2D eigenvalue weighted by Crippen LogP contribution is -2.47. The standard InChI is InChI=1S/C25H28ClNO4.ClH/c26-22-4-1-3-19(17-5-6-17)20(22)14-30-18-7-8-21-23(13-18)31-16-25(21)10-2-11-27(15-25)12-9-24(28)29;/h1,3-4,7-8,13,17H,2,5-6,9-12,14-16H2,(H,28,29);1H. The van der Waals surface area contributed by atoms with Crippen LogP contribution in [0.4, 0.5) is 0 Å². The number of hydrogen-bond acceptors (Lipinski definition) is 4. The van der Waals surface area contributed by atoms with E-state index in [1.165, 1.54) is 24.0 Å². The SMILES string of the molecule is Cl.O=C(O)CCN1CCCC2(COc3cc(OCc4c(Cl)cccc4C4CC4)ccc32)C1. The van der Waals surface area contributed by atoms with Gasteiger partial charge >= 0.3 is 5.97 Å². The molecular weight excluding hydrogens is 449 g/mol. The Balaban J connectivity index is 0.00000245. The van der Waals surface area contributed by atoms with Gasteiger partial charge in [-0.1, -0.05) is 29.8 Å². The Morgan fingerprint density at radius 3 is 2.91 bits per heavy atom. The number of carboxylic acids is 1. The van der Waals surface area contributed by atoms with E-state index in [-0.39, 0.29) is 24.2 Å². The summed E-state index contributed by atoms with van der Waals surface area (Å²) in [7, 11) is 0. The van der Waals surface area contributed by atoms with E-state index >= 15 is 0 Å². The highest BCUT2D eigenvalue weighted by molar-refractivity contribution is 6.31. The average Bonchev–Trinajstić information content (AvgIpc) is 3.56. The molecule has 2 heterocycles. The lowest BCUT2D eigenvalue weighted by Gasteiger charge is -2.39. The van der Waals surface area contributed by atoms with E-state index in [9.17, 15) is 4.79 Å². The molecule has 0 bridgehead atoms. The van der Waals surface area contributed by atoms with Crippen LogP contribution < -0.4 is 9.47 Å². The zero-order valence-corrected chi connectivity index (χ0v) is 19.6. The summed E-state index contributed by atoms with van der Waals surface area (Å²) < 4.78 is 12.2. The third-order valence-electron chi connectivity index (χ3n) is 6.88. The molecule has 1 unspecified atom stereocenters. The van der Waals surface area contributed by atoms with Gasteiger partial charge in [-0.15, -0.1) is 12.4 Å². The van der Waals surface area contributed by atoms with Gasteiger partial charge in [0.1, 0.15) is 18.1 Å². The number of aliphatic carboxylic acids is 1. The van der Waals surface area contributed by atoms with Gasteiger partial charge in [-0.05, 0) is 55.8 Å². The Labute approximate surface area is 200 Å². The van der Waals surface area contributed by atoms with Crippen molar-refractivity contribution in [3.8, 4) is 11.5 Å². The fraction of sp³-hybridized carbons (Fsp3) is 0.480. The van der Waals surface area contributed by atoms with Crippen molar-refractivity contribution in [2.75, 3.05) is 26.2 Å². The zero-order chi connectivity index (χ0) is 21.4. The molecule has 0 aromatic heterocycles. The summed E-state index contributed by atoms with van der Waals surface area (Å²) in [4.78, 5) is 13.2. The highest BCUT2D eigenvalue weighted by Crippen LogP contribution is 2.46. The van der Waals surface area contributed by atoms with Gasteiger partial charge in [-0.25, -0.2) is 0 Å². The Kier molecular flexibility index (Phi) is 6.89. The van der Waals surface area contributed by atoms with Crippen LogP contribution in [0.3, 0.4) is 0 Å². The van der Waals surface area contributed by atoms with Crippen LogP contribution in [0.2, 0.25) is 5.02 Å². The Hall–Kier alpha value is -1.95. The van der Waals surface area contributed by atoms with Crippen LogP contribution in [-0.4, -0.2) is 42.2 Å². The first kappa shape index (κ1) is 23.2. The van der Waals surface area contributed by atoms with Gasteiger partial charge < -0.3 is 19.5 Å². The summed E-state index contributed by atoms with van der Waals surface area (Å²) in [5, 5.41) is 9.78. The molecule has 0 amide bonds. The Morgan fingerprint density at radius 2 is 2.12 bits per heavy atom. The fourth-order valence-corrected chi connectivity index (χ4v) is 5.35. The molecule has 1 aliphatic carbocycles. The summed E-state index contributed by atoms with van der Waals surface area (Å²) in [6, 6.07) is 12.3. The average molecular weight is 478 g/mol. The molecule has 3 aliphatic rings.